The minimum absolute atomic E-state index is 0.188. The third-order valence-electron chi connectivity index (χ3n) is 3.16. The summed E-state index contributed by atoms with van der Waals surface area (Å²) in [5.74, 6) is 0.778. The standard InChI is InChI=1S/C18H18ClF3O3S/c1-2-23-15(12-26-17-6-4-3-5-16(17)19)11-24-13-7-9-14(10-8-13)25-18(20,21)22/h3-10,15H,2,11-12H2,1H3/t15-/m1/s1. The highest BCUT2D eigenvalue weighted by atomic mass is 35.5. The number of alkyl halides is 3. The molecule has 0 aliphatic carbocycles. The first-order valence-electron chi connectivity index (χ1n) is 7.85. The number of ether oxygens (including phenoxy) is 3. The van der Waals surface area contributed by atoms with E-state index in [4.69, 9.17) is 21.1 Å². The second kappa shape index (κ2) is 9.94. The van der Waals surface area contributed by atoms with Gasteiger partial charge in [-0.2, -0.15) is 0 Å². The lowest BCUT2D eigenvalue weighted by atomic mass is 10.3. The van der Waals surface area contributed by atoms with E-state index in [1.807, 2.05) is 31.2 Å². The molecule has 0 spiro atoms. The van der Waals surface area contributed by atoms with Gasteiger partial charge in [0.2, 0.25) is 0 Å². The van der Waals surface area contributed by atoms with Crippen molar-refractivity contribution in [3.63, 3.8) is 0 Å². The summed E-state index contributed by atoms with van der Waals surface area (Å²) < 4.78 is 51.5. The van der Waals surface area contributed by atoms with Crippen LogP contribution in [0.15, 0.2) is 53.4 Å². The van der Waals surface area contributed by atoms with Crippen molar-refractivity contribution < 1.29 is 27.4 Å². The molecule has 0 radical (unpaired) electrons. The van der Waals surface area contributed by atoms with Crippen LogP contribution in [0.25, 0.3) is 0 Å². The fraction of sp³-hybridized carbons (Fsp3) is 0.333. The Morgan fingerprint density at radius 1 is 1.04 bits per heavy atom. The van der Waals surface area contributed by atoms with Crippen molar-refractivity contribution in [2.75, 3.05) is 19.0 Å². The summed E-state index contributed by atoms with van der Waals surface area (Å²) in [6, 6.07) is 12.8. The smallest absolute Gasteiger partial charge is 0.491 e. The molecule has 2 aromatic carbocycles. The zero-order valence-electron chi connectivity index (χ0n) is 14.0. The van der Waals surface area contributed by atoms with E-state index in [2.05, 4.69) is 4.74 Å². The van der Waals surface area contributed by atoms with Crippen molar-refractivity contribution in [3.8, 4) is 11.5 Å². The minimum Gasteiger partial charge on any atom is -0.491 e. The molecule has 0 bridgehead atoms. The Balaban J connectivity index is 1.86. The average Bonchev–Trinajstić information content (AvgIpc) is 2.58. The van der Waals surface area contributed by atoms with E-state index in [-0.39, 0.29) is 18.5 Å². The molecule has 26 heavy (non-hydrogen) atoms. The highest BCUT2D eigenvalue weighted by Crippen LogP contribution is 2.28. The average molecular weight is 407 g/mol. The molecule has 0 aromatic heterocycles. The van der Waals surface area contributed by atoms with Crippen LogP contribution in [0.5, 0.6) is 11.5 Å². The van der Waals surface area contributed by atoms with Gasteiger partial charge in [-0.25, -0.2) is 0 Å². The normalized spacial score (nSPS) is 12.7. The molecule has 142 valence electrons. The summed E-state index contributed by atoms with van der Waals surface area (Å²) in [6.07, 6.45) is -4.90. The first-order chi connectivity index (χ1) is 12.4. The van der Waals surface area contributed by atoms with Crippen LogP contribution in [0, 0.1) is 0 Å². The van der Waals surface area contributed by atoms with E-state index in [1.54, 1.807) is 11.8 Å². The monoisotopic (exact) mass is 406 g/mol. The Kier molecular flexibility index (Phi) is 7.93. The van der Waals surface area contributed by atoms with Crippen molar-refractivity contribution in [3.05, 3.63) is 53.6 Å². The van der Waals surface area contributed by atoms with E-state index in [0.29, 0.717) is 23.1 Å². The van der Waals surface area contributed by atoms with Crippen molar-refractivity contribution >= 4 is 23.4 Å². The van der Waals surface area contributed by atoms with Crippen molar-refractivity contribution in [2.24, 2.45) is 0 Å². The SMILES string of the molecule is CCO[C@H](COc1ccc(OC(F)(F)F)cc1)CSc1ccccc1Cl. The zero-order chi connectivity index (χ0) is 19.0. The second-order valence-electron chi connectivity index (χ2n) is 5.15. The van der Waals surface area contributed by atoms with Crippen LogP contribution in [-0.4, -0.2) is 31.4 Å². The van der Waals surface area contributed by atoms with E-state index >= 15 is 0 Å². The van der Waals surface area contributed by atoms with E-state index in [1.165, 1.54) is 24.3 Å². The largest absolute Gasteiger partial charge is 0.573 e. The Morgan fingerprint density at radius 2 is 1.69 bits per heavy atom. The molecule has 0 saturated heterocycles. The summed E-state index contributed by atoms with van der Waals surface area (Å²) in [5, 5.41) is 0.675. The maximum absolute atomic E-state index is 12.2. The summed E-state index contributed by atoms with van der Waals surface area (Å²) in [7, 11) is 0. The maximum atomic E-state index is 12.2. The molecule has 0 aliphatic rings. The van der Waals surface area contributed by atoms with Crippen LogP contribution in [0.3, 0.4) is 0 Å². The third-order valence-corrected chi connectivity index (χ3v) is 4.80. The molecule has 0 heterocycles. The van der Waals surface area contributed by atoms with Gasteiger partial charge >= 0.3 is 6.36 Å². The van der Waals surface area contributed by atoms with Gasteiger partial charge in [0.05, 0.1) is 5.02 Å². The molecule has 3 nitrogen and oxygen atoms in total. The van der Waals surface area contributed by atoms with Gasteiger partial charge in [0.15, 0.2) is 0 Å². The summed E-state index contributed by atoms with van der Waals surface area (Å²) in [4.78, 5) is 0.951. The Hall–Kier alpha value is -1.57. The van der Waals surface area contributed by atoms with Crippen LogP contribution in [-0.2, 0) is 4.74 Å². The summed E-state index contributed by atoms with van der Waals surface area (Å²) in [5.41, 5.74) is 0. The molecule has 2 rings (SSSR count). The predicted molar refractivity (Wildman–Crippen MR) is 96.2 cm³/mol. The van der Waals surface area contributed by atoms with Gasteiger partial charge < -0.3 is 14.2 Å². The number of hydrogen-bond donors (Lipinski definition) is 0. The fourth-order valence-electron chi connectivity index (χ4n) is 2.05. The molecule has 0 saturated carbocycles. The number of thioether (sulfide) groups is 1. The molecular weight excluding hydrogens is 389 g/mol. The first kappa shape index (κ1) is 20.7. The first-order valence-corrected chi connectivity index (χ1v) is 9.21. The van der Waals surface area contributed by atoms with E-state index in [0.717, 1.165) is 4.90 Å². The van der Waals surface area contributed by atoms with Crippen LogP contribution in [0.2, 0.25) is 5.02 Å². The topological polar surface area (TPSA) is 27.7 Å². The summed E-state index contributed by atoms with van der Waals surface area (Å²) >= 11 is 7.69. The predicted octanol–water partition coefficient (Wildman–Crippen LogP) is 5.81. The molecule has 8 heteroatoms. The molecule has 0 amide bonds. The molecule has 0 unspecified atom stereocenters. The van der Waals surface area contributed by atoms with Crippen LogP contribution in [0.4, 0.5) is 13.2 Å². The van der Waals surface area contributed by atoms with Crippen molar-refractivity contribution in [1.82, 2.24) is 0 Å². The van der Waals surface area contributed by atoms with Crippen LogP contribution in [0.1, 0.15) is 6.92 Å². The van der Waals surface area contributed by atoms with Gasteiger partial charge in [-0.05, 0) is 43.3 Å². The quantitative estimate of drug-likeness (QED) is 0.491. The molecule has 1 atom stereocenters. The molecule has 0 aliphatic heterocycles. The lowest BCUT2D eigenvalue weighted by molar-refractivity contribution is -0.274. The molecule has 0 N–H and O–H groups in total. The van der Waals surface area contributed by atoms with Gasteiger partial charge in [0, 0.05) is 17.3 Å². The lowest BCUT2D eigenvalue weighted by Crippen LogP contribution is -2.24. The molecular formula is C18H18ClF3O3S. The minimum atomic E-state index is -4.71. The van der Waals surface area contributed by atoms with E-state index in [9.17, 15) is 13.2 Å². The van der Waals surface area contributed by atoms with Gasteiger partial charge in [-0.15, -0.1) is 24.9 Å². The number of halogens is 4. The van der Waals surface area contributed by atoms with Gasteiger partial charge in [0.1, 0.15) is 24.2 Å². The van der Waals surface area contributed by atoms with Crippen LogP contribution >= 0.6 is 23.4 Å². The van der Waals surface area contributed by atoms with Crippen LogP contribution < -0.4 is 9.47 Å². The Bertz CT molecular complexity index is 680. The third kappa shape index (κ3) is 7.35. The Morgan fingerprint density at radius 3 is 2.31 bits per heavy atom. The highest BCUT2D eigenvalue weighted by Gasteiger charge is 2.31. The molecule has 0 fully saturated rings. The van der Waals surface area contributed by atoms with Crippen molar-refractivity contribution in [2.45, 2.75) is 24.3 Å². The van der Waals surface area contributed by atoms with E-state index < -0.39 is 6.36 Å². The van der Waals surface area contributed by atoms with Gasteiger partial charge in [0.25, 0.3) is 0 Å². The fourth-order valence-corrected chi connectivity index (χ4v) is 3.29. The lowest BCUT2D eigenvalue weighted by Gasteiger charge is -2.18. The highest BCUT2D eigenvalue weighted by molar-refractivity contribution is 7.99. The van der Waals surface area contributed by atoms with Crippen molar-refractivity contribution in [1.29, 1.82) is 0 Å². The maximum Gasteiger partial charge on any atom is 0.573 e. The number of benzene rings is 2. The Labute approximate surface area is 159 Å². The number of rotatable bonds is 9. The molecule has 2 aromatic rings. The second-order valence-corrected chi connectivity index (χ2v) is 6.62. The van der Waals surface area contributed by atoms with Gasteiger partial charge in [-0.3, -0.25) is 0 Å². The number of hydrogen-bond acceptors (Lipinski definition) is 4. The zero-order valence-corrected chi connectivity index (χ0v) is 15.5. The summed E-state index contributed by atoms with van der Waals surface area (Å²) in [6.45, 7) is 2.68. The van der Waals surface area contributed by atoms with Gasteiger partial charge in [-0.1, -0.05) is 23.7 Å².